The fourth-order valence-electron chi connectivity index (χ4n) is 4.07. The Morgan fingerprint density at radius 1 is 1.08 bits per heavy atom. The zero-order valence-electron chi connectivity index (χ0n) is 21.0. The third-order valence-electron chi connectivity index (χ3n) is 5.92. The number of aromatic nitrogens is 1. The van der Waals surface area contributed by atoms with Crippen molar-refractivity contribution in [1.29, 1.82) is 0 Å². The molecule has 3 amide bonds. The van der Waals surface area contributed by atoms with Crippen molar-refractivity contribution in [3.63, 3.8) is 0 Å². The lowest BCUT2D eigenvalue weighted by Gasteiger charge is -2.14. The molecule has 0 spiro atoms. The first kappa shape index (κ1) is 26.5. The minimum absolute atomic E-state index is 0.0991. The minimum atomic E-state index is -0.567. The zero-order chi connectivity index (χ0) is 27.6. The largest absolute Gasteiger partial charge is 0.497 e. The second kappa shape index (κ2) is 10.8. The van der Waals surface area contributed by atoms with Crippen LogP contribution in [-0.2, 0) is 9.59 Å². The van der Waals surface area contributed by atoms with E-state index < -0.39 is 28.5 Å². The highest BCUT2D eigenvalue weighted by atomic mass is 32.2. The van der Waals surface area contributed by atoms with Gasteiger partial charge in [0.25, 0.3) is 16.8 Å². The van der Waals surface area contributed by atoms with E-state index in [1.165, 1.54) is 26.4 Å². The SMILES string of the molecule is COc1ccc(NC(=O)CN2C(=O)S/C(=C/c3cc(C)n(-c4ccc([N+](=O)[O-])cc4OC)c3C)C2=O)cc1. The van der Waals surface area contributed by atoms with E-state index in [-0.39, 0.29) is 10.6 Å². The standard InChI is InChI=1S/C26H24N4O7S/c1-15-11-17(16(2)29(15)21-10-7-19(30(34)35)13-22(21)37-4)12-23-25(32)28(26(33)38-23)14-24(31)27-18-5-8-20(36-3)9-6-18/h5-13H,14H2,1-4H3,(H,27,31)/b23-12+. The number of aryl methyl sites for hydroxylation is 1. The first-order valence-corrected chi connectivity index (χ1v) is 12.2. The molecule has 2 aromatic carbocycles. The van der Waals surface area contributed by atoms with Crippen LogP contribution in [0.3, 0.4) is 0 Å². The molecule has 0 saturated carbocycles. The molecule has 0 bridgehead atoms. The van der Waals surface area contributed by atoms with Crippen molar-refractivity contribution in [1.82, 2.24) is 9.47 Å². The fourth-order valence-corrected chi connectivity index (χ4v) is 4.89. The molecule has 2 heterocycles. The van der Waals surface area contributed by atoms with E-state index in [0.29, 0.717) is 28.4 Å². The molecule has 1 aromatic heterocycles. The van der Waals surface area contributed by atoms with Gasteiger partial charge in [-0.15, -0.1) is 0 Å². The van der Waals surface area contributed by atoms with E-state index in [9.17, 15) is 24.5 Å². The normalized spacial score (nSPS) is 14.2. The average Bonchev–Trinajstić information content (AvgIpc) is 3.32. The van der Waals surface area contributed by atoms with Gasteiger partial charge >= 0.3 is 0 Å². The van der Waals surface area contributed by atoms with Gasteiger partial charge in [0.15, 0.2) is 0 Å². The molecule has 1 saturated heterocycles. The molecule has 0 atom stereocenters. The smallest absolute Gasteiger partial charge is 0.294 e. The first-order chi connectivity index (χ1) is 18.1. The van der Waals surface area contributed by atoms with E-state index in [4.69, 9.17) is 9.47 Å². The van der Waals surface area contributed by atoms with Gasteiger partial charge in [-0.1, -0.05) is 0 Å². The van der Waals surface area contributed by atoms with E-state index in [0.717, 1.165) is 28.0 Å². The maximum atomic E-state index is 13.0. The Morgan fingerprint density at radius 3 is 2.42 bits per heavy atom. The molecule has 11 nitrogen and oxygen atoms in total. The van der Waals surface area contributed by atoms with Gasteiger partial charge in [-0.05, 0) is 73.6 Å². The highest BCUT2D eigenvalue weighted by Gasteiger charge is 2.36. The molecule has 0 unspecified atom stereocenters. The summed E-state index contributed by atoms with van der Waals surface area (Å²) in [5.41, 5.74) is 3.20. The summed E-state index contributed by atoms with van der Waals surface area (Å²) < 4.78 is 12.3. The number of non-ortho nitro benzene ring substituents is 1. The third kappa shape index (κ3) is 5.25. The molecule has 1 aliphatic rings. The number of benzene rings is 2. The zero-order valence-corrected chi connectivity index (χ0v) is 21.8. The Labute approximate surface area is 222 Å². The second-order valence-electron chi connectivity index (χ2n) is 8.32. The summed E-state index contributed by atoms with van der Waals surface area (Å²) >= 11 is 0.755. The summed E-state index contributed by atoms with van der Waals surface area (Å²) in [6.07, 6.45) is 1.60. The van der Waals surface area contributed by atoms with Gasteiger partial charge in [-0.25, -0.2) is 0 Å². The van der Waals surface area contributed by atoms with Crippen molar-refractivity contribution in [2.24, 2.45) is 0 Å². The number of hydrogen-bond acceptors (Lipinski definition) is 8. The molecule has 1 fully saturated rings. The number of imide groups is 1. The minimum Gasteiger partial charge on any atom is -0.497 e. The molecule has 196 valence electrons. The topological polar surface area (TPSA) is 133 Å². The number of nitrogens with zero attached hydrogens (tertiary/aromatic N) is 3. The molecule has 38 heavy (non-hydrogen) atoms. The lowest BCUT2D eigenvalue weighted by molar-refractivity contribution is -0.384. The van der Waals surface area contributed by atoms with Crippen molar-refractivity contribution >= 4 is 46.3 Å². The predicted molar refractivity (Wildman–Crippen MR) is 143 cm³/mol. The summed E-state index contributed by atoms with van der Waals surface area (Å²) in [6.45, 7) is 3.25. The number of methoxy groups -OCH3 is 2. The number of hydrogen-bond donors (Lipinski definition) is 1. The Balaban J connectivity index is 1.55. The molecule has 12 heteroatoms. The average molecular weight is 537 g/mol. The highest BCUT2D eigenvalue weighted by Crippen LogP contribution is 2.35. The van der Waals surface area contributed by atoms with Gasteiger partial charge in [0.1, 0.15) is 18.0 Å². The lowest BCUT2D eigenvalue weighted by atomic mass is 10.2. The first-order valence-electron chi connectivity index (χ1n) is 11.3. The molecule has 0 radical (unpaired) electrons. The highest BCUT2D eigenvalue weighted by molar-refractivity contribution is 8.18. The monoisotopic (exact) mass is 536 g/mol. The van der Waals surface area contributed by atoms with Crippen molar-refractivity contribution in [3.05, 3.63) is 80.5 Å². The van der Waals surface area contributed by atoms with Gasteiger partial charge < -0.3 is 19.4 Å². The van der Waals surface area contributed by atoms with Crippen molar-refractivity contribution in [2.75, 3.05) is 26.1 Å². The van der Waals surface area contributed by atoms with Crippen LogP contribution in [0.5, 0.6) is 11.5 Å². The van der Waals surface area contributed by atoms with Gasteiger partial charge in [-0.2, -0.15) is 0 Å². The van der Waals surface area contributed by atoms with Crippen LogP contribution in [0.25, 0.3) is 11.8 Å². The number of carbonyl (C=O) groups is 3. The van der Waals surface area contributed by atoms with Crippen LogP contribution in [0.4, 0.5) is 16.2 Å². The van der Waals surface area contributed by atoms with Crippen LogP contribution in [-0.4, -0.2) is 52.2 Å². The molecule has 4 rings (SSSR count). The summed E-state index contributed by atoms with van der Waals surface area (Å²) in [5.74, 6) is -0.133. The van der Waals surface area contributed by atoms with E-state index in [1.807, 2.05) is 24.5 Å². The summed E-state index contributed by atoms with van der Waals surface area (Å²) in [7, 11) is 2.96. The van der Waals surface area contributed by atoms with Crippen LogP contribution in [0, 0.1) is 24.0 Å². The maximum absolute atomic E-state index is 13.0. The van der Waals surface area contributed by atoms with Gasteiger partial charge in [-0.3, -0.25) is 29.4 Å². The lowest BCUT2D eigenvalue weighted by Crippen LogP contribution is -2.36. The van der Waals surface area contributed by atoms with Crippen LogP contribution in [0.2, 0.25) is 0 Å². The number of nitrogens with one attached hydrogen (secondary N) is 1. The van der Waals surface area contributed by atoms with Crippen molar-refractivity contribution in [3.8, 4) is 17.2 Å². The molecular formula is C26H24N4O7S. The van der Waals surface area contributed by atoms with Crippen molar-refractivity contribution in [2.45, 2.75) is 13.8 Å². The number of nitro groups is 1. The molecule has 3 aromatic rings. The predicted octanol–water partition coefficient (Wildman–Crippen LogP) is 4.69. The van der Waals surface area contributed by atoms with Gasteiger partial charge in [0.05, 0.1) is 35.8 Å². The number of carbonyl (C=O) groups excluding carboxylic acids is 3. The summed E-state index contributed by atoms with van der Waals surface area (Å²) in [6, 6.07) is 12.8. The molecular weight excluding hydrogens is 512 g/mol. The molecule has 1 aliphatic heterocycles. The molecule has 1 N–H and O–H groups in total. The van der Waals surface area contributed by atoms with Gasteiger partial charge in [0, 0.05) is 23.1 Å². The third-order valence-corrected chi connectivity index (χ3v) is 6.83. The Kier molecular flexibility index (Phi) is 7.53. The number of thioether (sulfide) groups is 1. The van der Waals surface area contributed by atoms with Crippen LogP contribution in [0.1, 0.15) is 17.0 Å². The van der Waals surface area contributed by atoms with E-state index in [1.54, 1.807) is 36.4 Å². The van der Waals surface area contributed by atoms with Crippen LogP contribution < -0.4 is 14.8 Å². The maximum Gasteiger partial charge on any atom is 0.294 e. The number of rotatable bonds is 8. The summed E-state index contributed by atoms with van der Waals surface area (Å²) in [5, 5.41) is 13.3. The van der Waals surface area contributed by atoms with Crippen molar-refractivity contribution < 1.29 is 28.8 Å². The fraction of sp³-hybridized carbons (Fsp3) is 0.192. The van der Waals surface area contributed by atoms with Gasteiger partial charge in [0.2, 0.25) is 5.91 Å². The molecule has 0 aliphatic carbocycles. The summed E-state index contributed by atoms with van der Waals surface area (Å²) in [4.78, 5) is 49.8. The Bertz CT molecular complexity index is 1480. The number of nitro benzene ring substituents is 1. The van der Waals surface area contributed by atoms with Crippen LogP contribution in [0.15, 0.2) is 53.4 Å². The van der Waals surface area contributed by atoms with Crippen LogP contribution >= 0.6 is 11.8 Å². The van der Waals surface area contributed by atoms with E-state index in [2.05, 4.69) is 5.32 Å². The quantitative estimate of drug-likeness (QED) is 0.249. The van der Waals surface area contributed by atoms with E-state index >= 15 is 0 Å². The number of ether oxygens (including phenoxy) is 2. The number of anilines is 1. The Hall–Kier alpha value is -4.58. The number of amides is 3. The second-order valence-corrected chi connectivity index (χ2v) is 9.31. The Morgan fingerprint density at radius 2 is 1.79 bits per heavy atom.